The SMILES string of the molecule is Cn1ncn(C2CCCCC2)c1=S. The van der Waals surface area contributed by atoms with Gasteiger partial charge in [0, 0.05) is 13.1 Å². The standard InChI is InChI=1S/C9H15N3S/c1-11-9(13)12(7-10-11)8-5-3-2-4-6-8/h7-8H,2-6H2,1H3. The number of nitrogens with zero attached hydrogens (tertiary/aromatic N) is 3. The van der Waals surface area contributed by atoms with Gasteiger partial charge in [0.05, 0.1) is 0 Å². The van der Waals surface area contributed by atoms with Crippen LogP contribution in [0.2, 0.25) is 0 Å². The zero-order valence-electron chi connectivity index (χ0n) is 7.94. The summed E-state index contributed by atoms with van der Waals surface area (Å²) in [4.78, 5) is 0. The topological polar surface area (TPSA) is 22.8 Å². The Kier molecular flexibility index (Phi) is 2.49. The first kappa shape index (κ1) is 8.94. The molecule has 0 aromatic carbocycles. The van der Waals surface area contributed by atoms with Crippen LogP contribution in [0.4, 0.5) is 0 Å². The monoisotopic (exact) mass is 197 g/mol. The smallest absolute Gasteiger partial charge is 0.197 e. The lowest BCUT2D eigenvalue weighted by atomic mass is 9.95. The maximum atomic E-state index is 5.27. The van der Waals surface area contributed by atoms with Gasteiger partial charge < -0.3 is 4.57 Å². The molecular weight excluding hydrogens is 182 g/mol. The molecule has 1 aromatic rings. The van der Waals surface area contributed by atoms with Crippen molar-refractivity contribution in [2.45, 2.75) is 38.1 Å². The molecule has 1 aliphatic carbocycles. The number of hydrogen-bond acceptors (Lipinski definition) is 2. The molecular formula is C9H15N3S. The highest BCUT2D eigenvalue weighted by Crippen LogP contribution is 2.27. The summed E-state index contributed by atoms with van der Waals surface area (Å²) in [6.45, 7) is 0. The van der Waals surface area contributed by atoms with E-state index in [1.54, 1.807) is 4.68 Å². The molecule has 3 nitrogen and oxygen atoms in total. The van der Waals surface area contributed by atoms with Crippen molar-refractivity contribution in [1.29, 1.82) is 0 Å². The van der Waals surface area contributed by atoms with Gasteiger partial charge in [0.25, 0.3) is 0 Å². The molecule has 72 valence electrons. The molecule has 1 fully saturated rings. The second-order valence-electron chi connectivity index (χ2n) is 3.74. The van der Waals surface area contributed by atoms with E-state index in [-0.39, 0.29) is 0 Å². The van der Waals surface area contributed by atoms with Crippen LogP contribution in [0.1, 0.15) is 38.1 Å². The first-order valence-electron chi connectivity index (χ1n) is 4.89. The summed E-state index contributed by atoms with van der Waals surface area (Å²) >= 11 is 5.27. The molecule has 0 N–H and O–H groups in total. The van der Waals surface area contributed by atoms with Crippen molar-refractivity contribution in [2.24, 2.45) is 7.05 Å². The van der Waals surface area contributed by atoms with Crippen molar-refractivity contribution in [1.82, 2.24) is 14.3 Å². The summed E-state index contributed by atoms with van der Waals surface area (Å²) in [5.41, 5.74) is 0. The fourth-order valence-electron chi connectivity index (χ4n) is 2.01. The normalized spacial score (nSPS) is 19.2. The van der Waals surface area contributed by atoms with Gasteiger partial charge in [-0.25, -0.2) is 4.68 Å². The van der Waals surface area contributed by atoms with Crippen LogP contribution in [0.5, 0.6) is 0 Å². The Morgan fingerprint density at radius 1 is 1.38 bits per heavy atom. The summed E-state index contributed by atoms with van der Waals surface area (Å²) in [6.07, 6.45) is 8.45. The van der Waals surface area contributed by atoms with Crippen molar-refractivity contribution in [3.8, 4) is 0 Å². The molecule has 0 unspecified atom stereocenters. The van der Waals surface area contributed by atoms with Crippen LogP contribution in [-0.4, -0.2) is 14.3 Å². The lowest BCUT2D eigenvalue weighted by Gasteiger charge is -2.22. The van der Waals surface area contributed by atoms with Gasteiger partial charge in [0.1, 0.15) is 6.33 Å². The Hall–Kier alpha value is -0.640. The van der Waals surface area contributed by atoms with E-state index in [4.69, 9.17) is 12.2 Å². The van der Waals surface area contributed by atoms with Crippen molar-refractivity contribution in [3.63, 3.8) is 0 Å². The van der Waals surface area contributed by atoms with E-state index >= 15 is 0 Å². The molecule has 1 heterocycles. The van der Waals surface area contributed by atoms with Crippen LogP contribution in [0, 0.1) is 4.77 Å². The Morgan fingerprint density at radius 2 is 2.08 bits per heavy atom. The third kappa shape index (κ3) is 1.68. The first-order chi connectivity index (χ1) is 6.29. The van der Waals surface area contributed by atoms with Gasteiger partial charge in [-0.1, -0.05) is 19.3 Å². The largest absolute Gasteiger partial charge is 0.303 e. The number of rotatable bonds is 1. The maximum absolute atomic E-state index is 5.27. The van der Waals surface area contributed by atoms with Gasteiger partial charge in [-0.05, 0) is 25.1 Å². The molecule has 1 aliphatic rings. The highest BCUT2D eigenvalue weighted by Gasteiger charge is 2.16. The van der Waals surface area contributed by atoms with Gasteiger partial charge in [0.2, 0.25) is 0 Å². The molecule has 0 atom stereocenters. The molecule has 4 heteroatoms. The third-order valence-corrected chi connectivity index (χ3v) is 3.29. The van der Waals surface area contributed by atoms with E-state index in [1.165, 1.54) is 32.1 Å². The molecule has 2 rings (SSSR count). The molecule has 0 aliphatic heterocycles. The highest BCUT2D eigenvalue weighted by molar-refractivity contribution is 7.71. The fourth-order valence-corrected chi connectivity index (χ4v) is 2.25. The van der Waals surface area contributed by atoms with E-state index < -0.39 is 0 Å². The molecule has 0 radical (unpaired) electrons. The minimum atomic E-state index is 0.606. The zero-order valence-corrected chi connectivity index (χ0v) is 8.76. The van der Waals surface area contributed by atoms with E-state index in [1.807, 2.05) is 13.4 Å². The average Bonchev–Trinajstić information content (AvgIpc) is 2.49. The average molecular weight is 197 g/mol. The lowest BCUT2D eigenvalue weighted by Crippen LogP contribution is -2.12. The predicted molar refractivity (Wildman–Crippen MR) is 54.2 cm³/mol. The molecule has 0 bridgehead atoms. The summed E-state index contributed by atoms with van der Waals surface area (Å²) in [5.74, 6) is 0. The van der Waals surface area contributed by atoms with Gasteiger partial charge in [-0.15, -0.1) is 0 Å². The Balaban J connectivity index is 2.24. The summed E-state index contributed by atoms with van der Waals surface area (Å²) in [7, 11) is 1.90. The second kappa shape index (κ2) is 3.62. The molecule has 0 amide bonds. The van der Waals surface area contributed by atoms with Crippen molar-refractivity contribution in [2.75, 3.05) is 0 Å². The summed E-state index contributed by atoms with van der Waals surface area (Å²) in [5, 5.41) is 4.17. The maximum Gasteiger partial charge on any atom is 0.197 e. The summed E-state index contributed by atoms with van der Waals surface area (Å²) < 4.78 is 4.77. The van der Waals surface area contributed by atoms with Crippen LogP contribution < -0.4 is 0 Å². The van der Waals surface area contributed by atoms with Crippen LogP contribution >= 0.6 is 12.2 Å². The van der Waals surface area contributed by atoms with Crippen molar-refractivity contribution in [3.05, 3.63) is 11.1 Å². The van der Waals surface area contributed by atoms with Gasteiger partial charge in [-0.2, -0.15) is 5.10 Å². The van der Waals surface area contributed by atoms with E-state index in [0.717, 1.165) is 4.77 Å². The van der Waals surface area contributed by atoms with Gasteiger partial charge >= 0.3 is 0 Å². The first-order valence-corrected chi connectivity index (χ1v) is 5.30. The quantitative estimate of drug-likeness (QED) is 0.645. The lowest BCUT2D eigenvalue weighted by molar-refractivity contribution is 0.349. The predicted octanol–water partition coefficient (Wildman–Crippen LogP) is 2.46. The number of hydrogen-bond donors (Lipinski definition) is 0. The number of aromatic nitrogens is 3. The van der Waals surface area contributed by atoms with Crippen LogP contribution in [0.25, 0.3) is 0 Å². The van der Waals surface area contributed by atoms with Gasteiger partial charge in [0.15, 0.2) is 4.77 Å². The fraction of sp³-hybridized carbons (Fsp3) is 0.778. The molecule has 1 aromatic heterocycles. The number of aryl methyl sites for hydroxylation is 1. The summed E-state index contributed by atoms with van der Waals surface area (Å²) in [6, 6.07) is 0.606. The minimum absolute atomic E-state index is 0.606. The third-order valence-electron chi connectivity index (χ3n) is 2.82. The van der Waals surface area contributed by atoms with Crippen LogP contribution in [-0.2, 0) is 7.05 Å². The van der Waals surface area contributed by atoms with E-state index in [0.29, 0.717) is 6.04 Å². The molecule has 13 heavy (non-hydrogen) atoms. The van der Waals surface area contributed by atoms with Crippen molar-refractivity contribution >= 4 is 12.2 Å². The highest BCUT2D eigenvalue weighted by atomic mass is 32.1. The van der Waals surface area contributed by atoms with E-state index in [2.05, 4.69) is 9.67 Å². The minimum Gasteiger partial charge on any atom is -0.303 e. The van der Waals surface area contributed by atoms with Crippen molar-refractivity contribution < 1.29 is 0 Å². The molecule has 0 saturated heterocycles. The van der Waals surface area contributed by atoms with Crippen LogP contribution in [0.15, 0.2) is 6.33 Å². The van der Waals surface area contributed by atoms with Gasteiger partial charge in [-0.3, -0.25) is 0 Å². The zero-order chi connectivity index (χ0) is 9.26. The Morgan fingerprint density at radius 3 is 2.62 bits per heavy atom. The molecule has 1 saturated carbocycles. The Bertz CT molecular complexity index is 333. The Labute approximate surface area is 83.4 Å². The van der Waals surface area contributed by atoms with E-state index in [9.17, 15) is 0 Å². The second-order valence-corrected chi connectivity index (χ2v) is 4.10. The molecule has 0 spiro atoms. The van der Waals surface area contributed by atoms with Crippen LogP contribution in [0.3, 0.4) is 0 Å².